The molecule has 0 saturated heterocycles. The molecule has 0 bridgehead atoms. The molecule has 0 aliphatic carbocycles. The minimum Gasteiger partial charge on any atom is -0.406 e. The molecule has 2 N–H and O–H groups in total. The number of nitrogens with zero attached hydrogens (tertiary/aromatic N) is 1. The molecule has 0 aliphatic rings. The van der Waals surface area contributed by atoms with Crippen molar-refractivity contribution in [1.29, 1.82) is 0 Å². The number of hydrogen-bond acceptors (Lipinski definition) is 3. The Balaban J connectivity index is 1.80. The highest BCUT2D eigenvalue weighted by molar-refractivity contribution is 5.79. The Morgan fingerprint density at radius 3 is 2.42 bits per heavy atom. The van der Waals surface area contributed by atoms with Crippen molar-refractivity contribution in [2.75, 3.05) is 5.32 Å². The molecule has 0 spiro atoms. The molecule has 24 heavy (non-hydrogen) atoms. The van der Waals surface area contributed by atoms with Gasteiger partial charge >= 0.3 is 6.36 Å². The third-order valence-electron chi connectivity index (χ3n) is 3.53. The average molecular weight is 335 g/mol. The van der Waals surface area contributed by atoms with Crippen LogP contribution in [0.5, 0.6) is 5.75 Å². The molecule has 1 aromatic heterocycles. The predicted molar refractivity (Wildman–Crippen MR) is 86.6 cm³/mol. The van der Waals surface area contributed by atoms with Crippen LogP contribution < -0.4 is 10.1 Å². The predicted octanol–water partition coefficient (Wildman–Crippen LogP) is 5.33. The number of aromatic nitrogens is 2. The summed E-state index contributed by atoms with van der Waals surface area (Å²) in [5.74, 6) is 0.607. The van der Waals surface area contributed by atoms with Crippen LogP contribution in [-0.2, 0) is 0 Å². The van der Waals surface area contributed by atoms with Crippen LogP contribution >= 0.6 is 0 Å². The highest BCUT2D eigenvalue weighted by Gasteiger charge is 2.31. The number of aromatic amines is 1. The van der Waals surface area contributed by atoms with Gasteiger partial charge in [-0.15, -0.1) is 13.2 Å². The number of fused-ring (bicyclic) bond motifs is 1. The van der Waals surface area contributed by atoms with Crippen molar-refractivity contribution in [2.24, 2.45) is 0 Å². The van der Waals surface area contributed by atoms with Gasteiger partial charge in [-0.3, -0.25) is 0 Å². The van der Waals surface area contributed by atoms with Crippen LogP contribution in [0.25, 0.3) is 11.0 Å². The Morgan fingerprint density at radius 1 is 1.08 bits per heavy atom. The SMILES string of the molecule is CC(C)c1ccc(Nc2nc3ccc(OC(F)(F)F)cc3[nH]2)cc1. The highest BCUT2D eigenvalue weighted by atomic mass is 19.4. The van der Waals surface area contributed by atoms with Gasteiger partial charge in [0.1, 0.15) is 5.75 Å². The monoisotopic (exact) mass is 335 g/mol. The molecule has 4 nitrogen and oxygen atoms in total. The number of benzene rings is 2. The number of alkyl halides is 3. The standard InChI is InChI=1S/C17H16F3N3O/c1-10(2)11-3-5-12(6-4-11)21-16-22-14-8-7-13(9-15(14)23-16)24-17(18,19)20/h3-10H,1-2H3,(H2,21,22,23). The number of rotatable bonds is 4. The van der Waals surface area contributed by atoms with Gasteiger partial charge in [0.05, 0.1) is 11.0 Å². The maximum absolute atomic E-state index is 12.3. The first-order valence-corrected chi connectivity index (χ1v) is 7.43. The first-order chi connectivity index (χ1) is 11.3. The summed E-state index contributed by atoms with van der Waals surface area (Å²) in [6, 6.07) is 11.9. The quantitative estimate of drug-likeness (QED) is 0.677. The van der Waals surface area contributed by atoms with E-state index in [0.29, 0.717) is 22.9 Å². The van der Waals surface area contributed by atoms with Crippen molar-refractivity contribution < 1.29 is 17.9 Å². The minimum absolute atomic E-state index is 0.286. The van der Waals surface area contributed by atoms with Crippen molar-refractivity contribution in [2.45, 2.75) is 26.1 Å². The number of anilines is 2. The molecule has 2 aromatic carbocycles. The maximum Gasteiger partial charge on any atom is 0.573 e. The fraction of sp³-hybridized carbons (Fsp3) is 0.235. The molecule has 0 amide bonds. The topological polar surface area (TPSA) is 49.9 Å². The zero-order valence-corrected chi connectivity index (χ0v) is 13.1. The summed E-state index contributed by atoms with van der Waals surface area (Å²) in [5.41, 5.74) is 3.06. The summed E-state index contributed by atoms with van der Waals surface area (Å²) in [6.07, 6.45) is -4.72. The lowest BCUT2D eigenvalue weighted by Crippen LogP contribution is -2.16. The Kier molecular flexibility index (Phi) is 4.09. The maximum atomic E-state index is 12.3. The zero-order chi connectivity index (χ0) is 17.3. The van der Waals surface area contributed by atoms with Gasteiger partial charge in [-0.25, -0.2) is 4.98 Å². The fourth-order valence-corrected chi connectivity index (χ4v) is 2.33. The van der Waals surface area contributed by atoms with E-state index in [1.807, 2.05) is 24.3 Å². The van der Waals surface area contributed by atoms with Crippen LogP contribution in [0.1, 0.15) is 25.3 Å². The Morgan fingerprint density at radius 2 is 1.79 bits per heavy atom. The second-order valence-electron chi connectivity index (χ2n) is 5.71. The third kappa shape index (κ3) is 3.79. The van der Waals surface area contributed by atoms with Gasteiger partial charge in [-0.05, 0) is 35.7 Å². The van der Waals surface area contributed by atoms with Crippen molar-refractivity contribution in [3.05, 3.63) is 48.0 Å². The minimum atomic E-state index is -4.72. The highest BCUT2D eigenvalue weighted by Crippen LogP contribution is 2.27. The van der Waals surface area contributed by atoms with Gasteiger partial charge in [-0.1, -0.05) is 26.0 Å². The molecular weight excluding hydrogens is 319 g/mol. The lowest BCUT2D eigenvalue weighted by Gasteiger charge is -2.07. The Bertz CT molecular complexity index is 838. The molecular formula is C17H16F3N3O. The average Bonchev–Trinajstić information content (AvgIpc) is 2.87. The van der Waals surface area contributed by atoms with Gasteiger partial charge in [0, 0.05) is 11.8 Å². The molecule has 0 fully saturated rings. The van der Waals surface area contributed by atoms with E-state index in [2.05, 4.69) is 33.9 Å². The molecule has 0 unspecified atom stereocenters. The van der Waals surface area contributed by atoms with E-state index >= 15 is 0 Å². The van der Waals surface area contributed by atoms with Gasteiger partial charge in [-0.2, -0.15) is 0 Å². The van der Waals surface area contributed by atoms with E-state index in [1.165, 1.54) is 23.8 Å². The van der Waals surface area contributed by atoms with E-state index in [4.69, 9.17) is 0 Å². The fourth-order valence-electron chi connectivity index (χ4n) is 2.33. The molecule has 3 aromatic rings. The number of nitrogens with one attached hydrogen (secondary N) is 2. The van der Waals surface area contributed by atoms with E-state index in [1.54, 1.807) is 0 Å². The van der Waals surface area contributed by atoms with Crippen molar-refractivity contribution in [1.82, 2.24) is 9.97 Å². The van der Waals surface area contributed by atoms with Crippen molar-refractivity contribution in [3.8, 4) is 5.75 Å². The summed E-state index contributed by atoms with van der Waals surface area (Å²) >= 11 is 0. The zero-order valence-electron chi connectivity index (χ0n) is 13.1. The molecule has 0 saturated carbocycles. The molecule has 3 rings (SSSR count). The normalized spacial score (nSPS) is 11.9. The molecule has 1 heterocycles. The number of H-pyrrole nitrogens is 1. The summed E-state index contributed by atoms with van der Waals surface area (Å²) in [4.78, 5) is 7.24. The first kappa shape index (κ1) is 16.2. The molecule has 0 radical (unpaired) electrons. The third-order valence-corrected chi connectivity index (χ3v) is 3.53. The van der Waals surface area contributed by atoms with Gasteiger partial charge in [0.2, 0.25) is 5.95 Å². The number of ether oxygens (including phenoxy) is 1. The van der Waals surface area contributed by atoms with Crippen LogP contribution in [-0.4, -0.2) is 16.3 Å². The van der Waals surface area contributed by atoms with E-state index in [9.17, 15) is 13.2 Å². The summed E-state index contributed by atoms with van der Waals surface area (Å²) in [5, 5.41) is 3.10. The van der Waals surface area contributed by atoms with Crippen LogP contribution in [0.3, 0.4) is 0 Å². The Labute approximate surface area is 136 Å². The number of hydrogen-bond donors (Lipinski definition) is 2. The summed E-state index contributed by atoms with van der Waals surface area (Å²) in [6.45, 7) is 4.23. The van der Waals surface area contributed by atoms with Crippen LogP contribution in [0.2, 0.25) is 0 Å². The first-order valence-electron chi connectivity index (χ1n) is 7.43. The largest absolute Gasteiger partial charge is 0.573 e. The van der Waals surface area contributed by atoms with Gasteiger partial charge in [0.25, 0.3) is 0 Å². The summed E-state index contributed by atoms with van der Waals surface area (Å²) in [7, 11) is 0. The Hall–Kier alpha value is -2.70. The second kappa shape index (κ2) is 6.07. The number of imidazole rings is 1. The second-order valence-corrected chi connectivity index (χ2v) is 5.71. The van der Waals surface area contributed by atoms with Crippen LogP contribution in [0, 0.1) is 0 Å². The molecule has 0 aliphatic heterocycles. The van der Waals surface area contributed by atoms with E-state index in [0.717, 1.165) is 5.69 Å². The van der Waals surface area contributed by atoms with Gasteiger partial charge < -0.3 is 15.0 Å². The molecule has 126 valence electrons. The van der Waals surface area contributed by atoms with Crippen molar-refractivity contribution in [3.63, 3.8) is 0 Å². The van der Waals surface area contributed by atoms with Crippen LogP contribution in [0.4, 0.5) is 24.8 Å². The van der Waals surface area contributed by atoms with Crippen LogP contribution in [0.15, 0.2) is 42.5 Å². The number of halogens is 3. The van der Waals surface area contributed by atoms with Gasteiger partial charge in [0.15, 0.2) is 0 Å². The van der Waals surface area contributed by atoms with E-state index < -0.39 is 6.36 Å². The van der Waals surface area contributed by atoms with Crippen molar-refractivity contribution >= 4 is 22.7 Å². The lowest BCUT2D eigenvalue weighted by molar-refractivity contribution is -0.274. The smallest absolute Gasteiger partial charge is 0.406 e. The summed E-state index contributed by atoms with van der Waals surface area (Å²) < 4.78 is 40.7. The lowest BCUT2D eigenvalue weighted by atomic mass is 10.0. The molecule has 0 atom stereocenters. The molecule has 7 heteroatoms. The van der Waals surface area contributed by atoms with E-state index in [-0.39, 0.29) is 5.75 Å².